The van der Waals surface area contributed by atoms with Gasteiger partial charge in [-0.2, -0.15) is 0 Å². The van der Waals surface area contributed by atoms with E-state index in [1.54, 1.807) is 0 Å². The van der Waals surface area contributed by atoms with Gasteiger partial charge in [-0.3, -0.25) is 0 Å². The van der Waals surface area contributed by atoms with E-state index >= 15 is 0 Å². The van der Waals surface area contributed by atoms with Crippen LogP contribution >= 0.6 is 0 Å². The quantitative estimate of drug-likeness (QED) is 0.406. The van der Waals surface area contributed by atoms with Gasteiger partial charge in [-0.05, 0) is 79.8 Å². The summed E-state index contributed by atoms with van der Waals surface area (Å²) in [5.74, 6) is 0. The van der Waals surface area contributed by atoms with E-state index in [0.29, 0.717) is 12.1 Å². The van der Waals surface area contributed by atoms with Gasteiger partial charge in [0.15, 0.2) is 0 Å². The summed E-state index contributed by atoms with van der Waals surface area (Å²) < 4.78 is 0. The van der Waals surface area contributed by atoms with E-state index in [0.717, 1.165) is 6.54 Å². The Bertz CT molecular complexity index is 197. The van der Waals surface area contributed by atoms with Crippen LogP contribution in [0.5, 0.6) is 0 Å². The predicted octanol–water partition coefficient (Wildman–Crippen LogP) is 2.19. The summed E-state index contributed by atoms with van der Waals surface area (Å²) >= 11 is 0. The zero-order valence-electron chi connectivity index (χ0n) is 15.0. The predicted molar refractivity (Wildman–Crippen MR) is 94.9 cm³/mol. The fraction of sp³-hybridized carbons (Fsp3) is 1.00. The lowest BCUT2D eigenvalue weighted by Gasteiger charge is -2.25. The Hall–Kier alpha value is -0.160. The highest BCUT2D eigenvalue weighted by Gasteiger charge is 2.08. The number of unbranched alkanes of at least 4 members (excludes halogenated alkanes) is 4. The third kappa shape index (κ3) is 13.2. The second-order valence-corrected chi connectivity index (χ2v) is 6.35. The maximum atomic E-state index is 5.53. The second-order valence-electron chi connectivity index (χ2n) is 6.35. The summed E-state index contributed by atoms with van der Waals surface area (Å²) in [6, 6.07) is 1.22. The van der Waals surface area contributed by atoms with Gasteiger partial charge in [0.1, 0.15) is 0 Å². The van der Waals surface area contributed by atoms with Gasteiger partial charge < -0.3 is 21.3 Å². The molecule has 0 aromatic carbocycles. The van der Waals surface area contributed by atoms with Gasteiger partial charge in [-0.1, -0.05) is 19.3 Å². The highest BCUT2D eigenvalue weighted by atomic mass is 15.1. The Morgan fingerprint density at radius 3 is 1.71 bits per heavy atom. The van der Waals surface area contributed by atoms with Crippen LogP contribution < -0.4 is 16.4 Å². The summed E-state index contributed by atoms with van der Waals surface area (Å²) in [5.41, 5.74) is 5.53. The molecule has 0 saturated heterocycles. The highest BCUT2D eigenvalue weighted by Crippen LogP contribution is 2.06. The molecule has 0 spiro atoms. The van der Waals surface area contributed by atoms with Gasteiger partial charge in [0.2, 0.25) is 0 Å². The lowest BCUT2D eigenvalue weighted by atomic mass is 10.1. The van der Waals surface area contributed by atoms with Crippen molar-refractivity contribution in [1.82, 2.24) is 15.5 Å². The van der Waals surface area contributed by atoms with Gasteiger partial charge in [0.25, 0.3) is 0 Å². The van der Waals surface area contributed by atoms with Crippen molar-refractivity contribution in [2.45, 2.75) is 70.9 Å². The van der Waals surface area contributed by atoms with Crippen LogP contribution in [0, 0.1) is 0 Å². The molecule has 4 heteroatoms. The zero-order chi connectivity index (χ0) is 15.9. The van der Waals surface area contributed by atoms with Crippen molar-refractivity contribution in [3.05, 3.63) is 0 Å². The fourth-order valence-corrected chi connectivity index (χ4v) is 2.39. The van der Waals surface area contributed by atoms with Crippen LogP contribution in [0.1, 0.15) is 58.8 Å². The minimum absolute atomic E-state index is 0.610. The highest BCUT2D eigenvalue weighted by molar-refractivity contribution is 4.67. The summed E-state index contributed by atoms with van der Waals surface area (Å²) in [6.45, 7) is 9.04. The van der Waals surface area contributed by atoms with Crippen LogP contribution in [-0.4, -0.2) is 57.3 Å². The van der Waals surface area contributed by atoms with Crippen molar-refractivity contribution >= 4 is 0 Å². The topological polar surface area (TPSA) is 53.3 Å². The van der Waals surface area contributed by atoms with Crippen molar-refractivity contribution < 1.29 is 0 Å². The minimum Gasteiger partial charge on any atom is -0.330 e. The van der Waals surface area contributed by atoms with Gasteiger partial charge in [-0.15, -0.1) is 0 Å². The molecule has 0 aromatic heterocycles. The molecule has 0 aliphatic heterocycles. The third-order valence-corrected chi connectivity index (χ3v) is 4.42. The minimum atomic E-state index is 0.610. The van der Waals surface area contributed by atoms with E-state index in [4.69, 9.17) is 5.73 Å². The molecule has 2 unspecified atom stereocenters. The maximum Gasteiger partial charge on any atom is 0.00479 e. The van der Waals surface area contributed by atoms with Gasteiger partial charge in [-0.25, -0.2) is 0 Å². The Balaban J connectivity index is 3.88. The van der Waals surface area contributed by atoms with Crippen LogP contribution in [0.25, 0.3) is 0 Å². The summed E-state index contributed by atoms with van der Waals surface area (Å²) in [5, 5.41) is 6.67. The van der Waals surface area contributed by atoms with Crippen molar-refractivity contribution in [3.8, 4) is 0 Å². The van der Waals surface area contributed by atoms with E-state index in [2.05, 4.69) is 43.5 Å². The molecule has 4 nitrogen and oxygen atoms in total. The van der Waals surface area contributed by atoms with Gasteiger partial charge in [0, 0.05) is 12.1 Å². The molecule has 21 heavy (non-hydrogen) atoms. The normalized spacial score (nSPS) is 14.6. The average Bonchev–Trinajstić information content (AvgIpc) is 2.51. The summed E-state index contributed by atoms with van der Waals surface area (Å²) in [4.78, 5) is 2.64. The SMILES string of the molecule is CNC(C)CCN(CCCCCCCN)CCC(C)NC. The molecule has 0 heterocycles. The number of hydrogen-bond donors (Lipinski definition) is 3. The van der Waals surface area contributed by atoms with Crippen molar-refractivity contribution in [2.24, 2.45) is 5.73 Å². The first kappa shape index (κ1) is 20.8. The lowest BCUT2D eigenvalue weighted by molar-refractivity contribution is 0.243. The first-order chi connectivity index (χ1) is 10.1. The number of nitrogens with one attached hydrogen (secondary N) is 2. The van der Waals surface area contributed by atoms with Crippen LogP contribution in [0.2, 0.25) is 0 Å². The molecule has 0 fully saturated rings. The molecular weight excluding hydrogens is 260 g/mol. The number of nitrogens with two attached hydrogens (primary N) is 1. The van der Waals surface area contributed by atoms with E-state index < -0.39 is 0 Å². The standard InChI is InChI=1S/C17H40N4/c1-16(19-3)10-14-21(15-11-17(2)20-4)13-9-7-5-6-8-12-18/h16-17,19-20H,5-15,18H2,1-4H3. The second kappa shape index (κ2) is 14.8. The van der Waals surface area contributed by atoms with Crippen molar-refractivity contribution in [3.63, 3.8) is 0 Å². The summed E-state index contributed by atoms with van der Waals surface area (Å²) in [6.07, 6.45) is 8.96. The first-order valence-corrected chi connectivity index (χ1v) is 8.91. The molecule has 0 rings (SSSR count). The van der Waals surface area contributed by atoms with Crippen LogP contribution in [0.3, 0.4) is 0 Å². The third-order valence-electron chi connectivity index (χ3n) is 4.42. The smallest absolute Gasteiger partial charge is 0.00479 e. The maximum absolute atomic E-state index is 5.53. The van der Waals surface area contributed by atoms with E-state index in [9.17, 15) is 0 Å². The number of nitrogens with zero attached hydrogens (tertiary/aromatic N) is 1. The van der Waals surface area contributed by atoms with E-state index in [1.165, 1.54) is 64.6 Å². The molecule has 0 aliphatic carbocycles. The molecule has 0 radical (unpaired) electrons. The molecule has 0 saturated carbocycles. The zero-order valence-corrected chi connectivity index (χ0v) is 15.0. The number of rotatable bonds is 15. The molecule has 4 N–H and O–H groups in total. The fourth-order valence-electron chi connectivity index (χ4n) is 2.39. The monoisotopic (exact) mass is 300 g/mol. The Morgan fingerprint density at radius 1 is 0.762 bits per heavy atom. The van der Waals surface area contributed by atoms with Crippen LogP contribution in [0.15, 0.2) is 0 Å². The average molecular weight is 301 g/mol. The van der Waals surface area contributed by atoms with E-state index in [1.807, 2.05) is 0 Å². The molecule has 0 bridgehead atoms. The van der Waals surface area contributed by atoms with Crippen LogP contribution in [0.4, 0.5) is 0 Å². The van der Waals surface area contributed by atoms with Crippen molar-refractivity contribution in [2.75, 3.05) is 40.3 Å². The Kier molecular flexibility index (Phi) is 14.7. The summed E-state index contributed by atoms with van der Waals surface area (Å²) in [7, 11) is 4.10. The molecule has 0 aliphatic rings. The molecule has 0 amide bonds. The number of hydrogen-bond acceptors (Lipinski definition) is 4. The van der Waals surface area contributed by atoms with Crippen LogP contribution in [-0.2, 0) is 0 Å². The largest absolute Gasteiger partial charge is 0.330 e. The Labute approximate surface area is 133 Å². The first-order valence-electron chi connectivity index (χ1n) is 8.91. The molecule has 0 aromatic rings. The lowest BCUT2D eigenvalue weighted by Crippen LogP contribution is -2.35. The van der Waals surface area contributed by atoms with Gasteiger partial charge >= 0.3 is 0 Å². The molecular formula is C17H40N4. The van der Waals surface area contributed by atoms with Crippen molar-refractivity contribution in [1.29, 1.82) is 0 Å². The molecule has 2 atom stereocenters. The molecule has 128 valence electrons. The van der Waals surface area contributed by atoms with E-state index in [-0.39, 0.29) is 0 Å². The Morgan fingerprint density at radius 2 is 1.24 bits per heavy atom. The van der Waals surface area contributed by atoms with Gasteiger partial charge in [0.05, 0.1) is 0 Å².